The van der Waals surface area contributed by atoms with Crippen LogP contribution < -0.4 is 5.32 Å². The van der Waals surface area contributed by atoms with Gasteiger partial charge in [-0.3, -0.25) is 19.7 Å². The van der Waals surface area contributed by atoms with Crippen molar-refractivity contribution in [3.05, 3.63) is 118 Å². The summed E-state index contributed by atoms with van der Waals surface area (Å²) in [5.74, 6) is -4.49. The fourth-order valence-electron chi connectivity index (χ4n) is 4.47. The predicted molar refractivity (Wildman–Crippen MR) is 124 cm³/mol. The second-order valence-corrected chi connectivity index (χ2v) is 7.94. The van der Waals surface area contributed by atoms with E-state index in [9.17, 15) is 24.8 Å². The summed E-state index contributed by atoms with van der Waals surface area (Å²) in [6.07, 6.45) is 3.76. The highest BCUT2D eigenvalue weighted by Gasteiger charge is 2.46. The number of carboxylic acids is 1. The van der Waals surface area contributed by atoms with Crippen LogP contribution in [0.15, 0.2) is 97.1 Å². The Hall–Kier alpha value is -4.26. The molecule has 4 rings (SSSR count). The maximum Gasteiger partial charge on any atom is 0.308 e. The van der Waals surface area contributed by atoms with Gasteiger partial charge >= 0.3 is 5.97 Å². The lowest BCUT2D eigenvalue weighted by Gasteiger charge is -2.37. The van der Waals surface area contributed by atoms with E-state index in [1.807, 2.05) is 72.8 Å². The number of nitro groups is 1. The highest BCUT2D eigenvalue weighted by atomic mass is 16.6. The molecule has 0 aliphatic heterocycles. The van der Waals surface area contributed by atoms with Crippen LogP contribution in [0.2, 0.25) is 0 Å². The Morgan fingerprint density at radius 3 is 1.85 bits per heavy atom. The van der Waals surface area contributed by atoms with Crippen molar-refractivity contribution in [1.82, 2.24) is 0 Å². The van der Waals surface area contributed by atoms with E-state index < -0.39 is 40.5 Å². The van der Waals surface area contributed by atoms with Crippen molar-refractivity contribution in [2.24, 2.45) is 11.8 Å². The minimum atomic E-state index is -1.08. The molecule has 7 nitrogen and oxygen atoms in total. The Labute approximate surface area is 190 Å². The van der Waals surface area contributed by atoms with Gasteiger partial charge in [0.1, 0.15) is 0 Å². The summed E-state index contributed by atoms with van der Waals surface area (Å²) in [7, 11) is 0. The van der Waals surface area contributed by atoms with E-state index in [2.05, 4.69) is 5.32 Å². The van der Waals surface area contributed by atoms with Gasteiger partial charge in [-0.2, -0.15) is 0 Å². The number of carbonyl (C=O) groups is 2. The molecule has 0 saturated heterocycles. The number of non-ortho nitro benzene ring substituents is 1. The predicted octanol–water partition coefficient (Wildman–Crippen LogP) is 4.99. The topological polar surface area (TPSA) is 110 Å². The minimum Gasteiger partial charge on any atom is -0.481 e. The van der Waals surface area contributed by atoms with Crippen LogP contribution in [0.25, 0.3) is 0 Å². The molecule has 0 spiro atoms. The molecule has 166 valence electrons. The van der Waals surface area contributed by atoms with Crippen molar-refractivity contribution < 1.29 is 19.6 Å². The summed E-state index contributed by atoms with van der Waals surface area (Å²) >= 11 is 0. The van der Waals surface area contributed by atoms with Crippen LogP contribution in [0.5, 0.6) is 0 Å². The Kier molecular flexibility index (Phi) is 6.31. The molecule has 0 bridgehead atoms. The van der Waals surface area contributed by atoms with Gasteiger partial charge in [0.25, 0.3) is 5.69 Å². The third kappa shape index (κ3) is 4.67. The Balaban J connectivity index is 1.76. The molecular formula is C26H22N2O5. The maximum atomic E-state index is 13.5. The van der Waals surface area contributed by atoms with E-state index in [4.69, 9.17) is 0 Å². The molecule has 0 fully saturated rings. The number of benzene rings is 3. The highest BCUT2D eigenvalue weighted by molar-refractivity contribution is 5.97. The second-order valence-electron chi connectivity index (χ2n) is 7.94. The van der Waals surface area contributed by atoms with E-state index in [0.29, 0.717) is 0 Å². The molecule has 0 heterocycles. The summed E-state index contributed by atoms with van der Waals surface area (Å²) in [5, 5.41) is 24.1. The maximum absolute atomic E-state index is 13.5. The van der Waals surface area contributed by atoms with Crippen LogP contribution in [0, 0.1) is 22.0 Å². The molecule has 3 aromatic rings. The molecule has 1 aliphatic carbocycles. The molecule has 3 aromatic carbocycles. The summed E-state index contributed by atoms with van der Waals surface area (Å²) in [6, 6.07) is 24.1. The van der Waals surface area contributed by atoms with Crippen LogP contribution in [0.4, 0.5) is 11.4 Å². The van der Waals surface area contributed by atoms with Gasteiger partial charge in [-0.05, 0) is 17.2 Å². The molecule has 7 heteroatoms. The lowest BCUT2D eigenvalue weighted by molar-refractivity contribution is -0.384. The van der Waals surface area contributed by atoms with Crippen molar-refractivity contribution >= 4 is 23.3 Å². The van der Waals surface area contributed by atoms with Crippen LogP contribution in [-0.4, -0.2) is 21.9 Å². The quantitative estimate of drug-likeness (QED) is 0.318. The zero-order valence-corrected chi connectivity index (χ0v) is 17.6. The molecule has 0 saturated carbocycles. The van der Waals surface area contributed by atoms with E-state index >= 15 is 0 Å². The number of rotatable bonds is 6. The SMILES string of the molecule is O=C(Nc1cccc([N+](=O)[O-])c1)[C@@H]1[C@H](C(=O)O)[C@H](c2ccccc2)C=C[C@@H]1c1ccccc1. The number of nitrogens with zero attached hydrogens (tertiary/aromatic N) is 1. The molecule has 1 amide bonds. The van der Waals surface area contributed by atoms with Gasteiger partial charge in [0.05, 0.1) is 16.8 Å². The standard InChI is InChI=1S/C26H22N2O5/c29-25(27-19-12-7-13-20(16-19)28(32)33)23-21(17-8-3-1-4-9-17)14-15-22(24(23)26(30)31)18-10-5-2-6-11-18/h1-16,21-24H,(H,27,29)(H,30,31)/t21-,22+,23+,24-/m1/s1. The van der Waals surface area contributed by atoms with E-state index in [1.165, 1.54) is 18.2 Å². The molecule has 1 aliphatic rings. The monoisotopic (exact) mass is 442 g/mol. The van der Waals surface area contributed by atoms with Gasteiger partial charge in [0.2, 0.25) is 5.91 Å². The van der Waals surface area contributed by atoms with Crippen molar-refractivity contribution in [2.45, 2.75) is 11.8 Å². The molecular weight excluding hydrogens is 420 g/mol. The lowest BCUT2D eigenvalue weighted by atomic mass is 9.66. The number of anilines is 1. The van der Waals surface area contributed by atoms with Crippen molar-refractivity contribution in [3.8, 4) is 0 Å². The Morgan fingerprint density at radius 2 is 1.33 bits per heavy atom. The molecule has 4 atom stereocenters. The first-order valence-corrected chi connectivity index (χ1v) is 10.5. The number of carboxylic acid groups (broad SMARTS) is 1. The lowest BCUT2D eigenvalue weighted by Crippen LogP contribution is -2.42. The normalized spacial score (nSPS) is 21.8. The summed E-state index contributed by atoms with van der Waals surface area (Å²) in [6.45, 7) is 0. The molecule has 33 heavy (non-hydrogen) atoms. The Bertz CT molecular complexity index is 1190. The zero-order valence-electron chi connectivity index (χ0n) is 17.6. The number of amides is 1. The second kappa shape index (κ2) is 9.48. The van der Waals surface area contributed by atoms with Crippen molar-refractivity contribution in [3.63, 3.8) is 0 Å². The van der Waals surface area contributed by atoms with Gasteiger partial charge in [-0.15, -0.1) is 0 Å². The van der Waals surface area contributed by atoms with Crippen LogP contribution in [0.1, 0.15) is 23.0 Å². The Morgan fingerprint density at radius 1 is 0.788 bits per heavy atom. The van der Waals surface area contributed by atoms with E-state index in [0.717, 1.165) is 11.1 Å². The number of hydrogen-bond donors (Lipinski definition) is 2. The highest BCUT2D eigenvalue weighted by Crippen LogP contribution is 2.45. The average Bonchev–Trinajstić information content (AvgIpc) is 2.84. The van der Waals surface area contributed by atoms with E-state index in [-0.39, 0.29) is 11.4 Å². The van der Waals surface area contributed by atoms with Crippen molar-refractivity contribution in [2.75, 3.05) is 5.32 Å². The van der Waals surface area contributed by atoms with Gasteiger partial charge in [0.15, 0.2) is 0 Å². The number of hydrogen-bond acceptors (Lipinski definition) is 4. The van der Waals surface area contributed by atoms with E-state index in [1.54, 1.807) is 6.07 Å². The fraction of sp³-hybridized carbons (Fsp3) is 0.154. The number of allylic oxidation sites excluding steroid dienone is 2. The van der Waals surface area contributed by atoms with Gasteiger partial charge in [-0.1, -0.05) is 78.9 Å². The fourth-order valence-corrected chi connectivity index (χ4v) is 4.47. The largest absolute Gasteiger partial charge is 0.481 e. The average molecular weight is 442 g/mol. The third-order valence-electron chi connectivity index (χ3n) is 5.97. The summed E-state index contributed by atoms with van der Waals surface area (Å²) in [4.78, 5) is 36.6. The number of nitrogens with one attached hydrogen (secondary N) is 1. The van der Waals surface area contributed by atoms with Crippen molar-refractivity contribution in [1.29, 1.82) is 0 Å². The molecule has 0 radical (unpaired) electrons. The minimum absolute atomic E-state index is 0.159. The zero-order chi connectivity index (χ0) is 23.4. The number of carbonyl (C=O) groups excluding carboxylic acids is 1. The van der Waals surface area contributed by atoms with Crippen LogP contribution in [0.3, 0.4) is 0 Å². The number of aliphatic carboxylic acids is 1. The van der Waals surface area contributed by atoms with Gasteiger partial charge in [-0.25, -0.2) is 0 Å². The number of nitro benzene ring substituents is 1. The van der Waals surface area contributed by atoms with Crippen LogP contribution in [-0.2, 0) is 9.59 Å². The first-order chi connectivity index (χ1) is 16.0. The molecule has 0 aromatic heterocycles. The summed E-state index contributed by atoms with van der Waals surface area (Å²) in [5.41, 5.74) is 1.72. The summed E-state index contributed by atoms with van der Waals surface area (Å²) < 4.78 is 0. The molecule has 0 unspecified atom stereocenters. The first kappa shape index (κ1) is 22.0. The molecule has 2 N–H and O–H groups in total. The third-order valence-corrected chi connectivity index (χ3v) is 5.97. The van der Waals surface area contributed by atoms with Gasteiger partial charge in [0, 0.05) is 29.7 Å². The first-order valence-electron chi connectivity index (χ1n) is 10.5. The smallest absolute Gasteiger partial charge is 0.308 e. The van der Waals surface area contributed by atoms with Crippen LogP contribution >= 0.6 is 0 Å². The van der Waals surface area contributed by atoms with Gasteiger partial charge < -0.3 is 10.4 Å².